The minimum atomic E-state index is -0.419. The van der Waals surface area contributed by atoms with Gasteiger partial charge in [-0.2, -0.15) is 5.11 Å². The standard InChI is InChI=1S/C8H10N2O2/c1-5(10-9)7-4-6(11)2-3-8(7)12/h2-5,9,11-12H,1H3. The van der Waals surface area contributed by atoms with Crippen molar-refractivity contribution >= 4 is 0 Å². The van der Waals surface area contributed by atoms with Gasteiger partial charge in [0.25, 0.3) is 0 Å². The Hall–Kier alpha value is -1.58. The van der Waals surface area contributed by atoms with E-state index in [0.717, 1.165) is 0 Å². The zero-order valence-electron chi connectivity index (χ0n) is 6.65. The molecule has 0 spiro atoms. The van der Waals surface area contributed by atoms with E-state index in [9.17, 15) is 5.11 Å². The Kier molecular flexibility index (Phi) is 2.28. The number of rotatable bonds is 2. The van der Waals surface area contributed by atoms with Gasteiger partial charge in [-0.3, -0.25) is 0 Å². The van der Waals surface area contributed by atoms with Crippen molar-refractivity contribution in [1.29, 1.82) is 5.53 Å². The summed E-state index contributed by atoms with van der Waals surface area (Å²) in [5, 5.41) is 21.6. The smallest absolute Gasteiger partial charge is 0.121 e. The lowest BCUT2D eigenvalue weighted by Gasteiger charge is -2.06. The second kappa shape index (κ2) is 3.21. The van der Waals surface area contributed by atoms with E-state index >= 15 is 0 Å². The molecule has 0 radical (unpaired) electrons. The third kappa shape index (κ3) is 1.53. The molecule has 1 atom stereocenters. The highest BCUT2D eigenvalue weighted by Crippen LogP contribution is 2.29. The van der Waals surface area contributed by atoms with Crippen LogP contribution in [0.2, 0.25) is 0 Å². The number of aromatic hydroxyl groups is 2. The van der Waals surface area contributed by atoms with Crippen molar-refractivity contribution in [3.63, 3.8) is 0 Å². The van der Waals surface area contributed by atoms with Crippen LogP contribution in [0.4, 0.5) is 0 Å². The summed E-state index contributed by atoms with van der Waals surface area (Å²) in [4.78, 5) is 0. The van der Waals surface area contributed by atoms with Crippen LogP contribution in [-0.2, 0) is 0 Å². The van der Waals surface area contributed by atoms with Crippen LogP contribution in [0.15, 0.2) is 23.3 Å². The van der Waals surface area contributed by atoms with Crippen LogP contribution in [0.25, 0.3) is 0 Å². The highest BCUT2D eigenvalue weighted by molar-refractivity contribution is 5.40. The molecule has 0 aliphatic carbocycles. The van der Waals surface area contributed by atoms with E-state index in [1.54, 1.807) is 6.92 Å². The molecule has 0 fully saturated rings. The van der Waals surface area contributed by atoms with Gasteiger partial charge in [0, 0.05) is 5.56 Å². The number of benzene rings is 1. The lowest BCUT2D eigenvalue weighted by Crippen LogP contribution is -1.88. The molecule has 1 rings (SSSR count). The first-order valence-electron chi connectivity index (χ1n) is 3.53. The van der Waals surface area contributed by atoms with Crippen LogP contribution >= 0.6 is 0 Å². The fourth-order valence-electron chi connectivity index (χ4n) is 0.946. The van der Waals surface area contributed by atoms with Gasteiger partial charge in [0.05, 0.1) is 6.04 Å². The minimum Gasteiger partial charge on any atom is -0.508 e. The van der Waals surface area contributed by atoms with Crippen LogP contribution in [-0.4, -0.2) is 10.2 Å². The first-order chi connectivity index (χ1) is 5.65. The maximum absolute atomic E-state index is 9.28. The number of hydrogen-bond acceptors (Lipinski definition) is 4. The fourth-order valence-corrected chi connectivity index (χ4v) is 0.946. The summed E-state index contributed by atoms with van der Waals surface area (Å²) in [5.41, 5.74) is 7.21. The van der Waals surface area contributed by atoms with Crippen molar-refractivity contribution in [2.24, 2.45) is 5.11 Å². The van der Waals surface area contributed by atoms with Gasteiger partial charge in [0.1, 0.15) is 11.5 Å². The Labute approximate surface area is 70.0 Å². The summed E-state index contributed by atoms with van der Waals surface area (Å²) >= 11 is 0. The Morgan fingerprint density at radius 1 is 1.42 bits per heavy atom. The number of phenolic OH excluding ortho intramolecular Hbond substituents is 2. The molecule has 0 bridgehead atoms. The monoisotopic (exact) mass is 166 g/mol. The van der Waals surface area contributed by atoms with Crippen molar-refractivity contribution in [2.75, 3.05) is 0 Å². The summed E-state index contributed by atoms with van der Waals surface area (Å²) in [6.07, 6.45) is 0. The normalized spacial score (nSPS) is 12.4. The largest absolute Gasteiger partial charge is 0.508 e. The Morgan fingerprint density at radius 3 is 2.67 bits per heavy atom. The average molecular weight is 166 g/mol. The number of nitrogens with one attached hydrogen (secondary N) is 1. The zero-order chi connectivity index (χ0) is 9.14. The predicted octanol–water partition coefficient (Wildman–Crippen LogP) is 2.19. The molecule has 0 saturated heterocycles. The first-order valence-corrected chi connectivity index (χ1v) is 3.53. The van der Waals surface area contributed by atoms with E-state index in [1.165, 1.54) is 18.2 Å². The Bertz CT molecular complexity index is 299. The summed E-state index contributed by atoms with van der Waals surface area (Å²) in [5.74, 6) is 0.120. The van der Waals surface area contributed by atoms with Crippen molar-refractivity contribution in [2.45, 2.75) is 13.0 Å². The molecule has 64 valence electrons. The summed E-state index contributed by atoms with van der Waals surface area (Å²) < 4.78 is 0. The summed E-state index contributed by atoms with van der Waals surface area (Å²) in [6.45, 7) is 1.67. The molecule has 0 aromatic heterocycles. The van der Waals surface area contributed by atoms with Gasteiger partial charge in [-0.1, -0.05) is 0 Å². The highest BCUT2D eigenvalue weighted by atomic mass is 16.3. The van der Waals surface area contributed by atoms with E-state index < -0.39 is 6.04 Å². The van der Waals surface area contributed by atoms with Crippen molar-refractivity contribution in [3.8, 4) is 11.5 Å². The molecule has 0 aliphatic rings. The molecule has 0 amide bonds. The number of nitrogens with zero attached hydrogens (tertiary/aromatic N) is 1. The first kappa shape index (κ1) is 8.52. The molecule has 4 nitrogen and oxygen atoms in total. The van der Waals surface area contributed by atoms with E-state index in [4.69, 9.17) is 10.6 Å². The third-order valence-electron chi connectivity index (χ3n) is 1.65. The maximum Gasteiger partial charge on any atom is 0.121 e. The summed E-state index contributed by atoms with van der Waals surface area (Å²) in [6, 6.07) is 3.75. The summed E-state index contributed by atoms with van der Waals surface area (Å²) in [7, 11) is 0. The molecule has 0 aliphatic heterocycles. The molecule has 3 N–H and O–H groups in total. The van der Waals surface area contributed by atoms with Gasteiger partial charge in [-0.25, -0.2) is 5.53 Å². The van der Waals surface area contributed by atoms with E-state index in [1.807, 2.05) is 0 Å². The van der Waals surface area contributed by atoms with E-state index in [-0.39, 0.29) is 11.5 Å². The number of hydrogen-bond donors (Lipinski definition) is 3. The SMILES string of the molecule is CC(N=N)c1cc(O)ccc1O. The third-order valence-corrected chi connectivity index (χ3v) is 1.65. The second-order valence-corrected chi connectivity index (χ2v) is 2.55. The molecular formula is C8H10N2O2. The van der Waals surface area contributed by atoms with E-state index in [0.29, 0.717) is 5.56 Å². The zero-order valence-corrected chi connectivity index (χ0v) is 6.65. The Morgan fingerprint density at radius 2 is 2.08 bits per heavy atom. The lowest BCUT2D eigenvalue weighted by molar-refractivity contribution is 0.449. The van der Waals surface area contributed by atoms with Crippen LogP contribution in [0, 0.1) is 5.53 Å². The lowest BCUT2D eigenvalue weighted by atomic mass is 10.1. The van der Waals surface area contributed by atoms with Crippen LogP contribution < -0.4 is 0 Å². The van der Waals surface area contributed by atoms with Gasteiger partial charge >= 0.3 is 0 Å². The van der Waals surface area contributed by atoms with Crippen LogP contribution in [0.1, 0.15) is 18.5 Å². The minimum absolute atomic E-state index is 0.0521. The molecule has 12 heavy (non-hydrogen) atoms. The van der Waals surface area contributed by atoms with Gasteiger partial charge < -0.3 is 10.2 Å². The molecule has 1 aromatic rings. The van der Waals surface area contributed by atoms with Crippen molar-refractivity contribution in [3.05, 3.63) is 23.8 Å². The molecule has 1 aromatic carbocycles. The van der Waals surface area contributed by atoms with Gasteiger partial charge in [0.15, 0.2) is 0 Å². The van der Waals surface area contributed by atoms with Crippen LogP contribution in [0.5, 0.6) is 11.5 Å². The highest BCUT2D eigenvalue weighted by Gasteiger charge is 2.09. The van der Waals surface area contributed by atoms with Crippen LogP contribution in [0.3, 0.4) is 0 Å². The topological polar surface area (TPSA) is 76.7 Å². The Balaban J connectivity index is 3.12. The maximum atomic E-state index is 9.28. The predicted molar refractivity (Wildman–Crippen MR) is 43.3 cm³/mol. The van der Waals surface area contributed by atoms with Crippen molar-refractivity contribution in [1.82, 2.24) is 0 Å². The molecule has 0 heterocycles. The average Bonchev–Trinajstić information content (AvgIpc) is 2.08. The second-order valence-electron chi connectivity index (χ2n) is 2.55. The molecular weight excluding hydrogens is 156 g/mol. The van der Waals surface area contributed by atoms with Gasteiger partial charge in [-0.15, -0.1) is 0 Å². The van der Waals surface area contributed by atoms with Gasteiger partial charge in [-0.05, 0) is 25.1 Å². The van der Waals surface area contributed by atoms with Crippen molar-refractivity contribution < 1.29 is 10.2 Å². The quantitative estimate of drug-likeness (QED) is 0.465. The fraction of sp³-hybridized carbons (Fsp3) is 0.250. The molecule has 0 saturated carbocycles. The number of phenols is 2. The molecule has 4 heteroatoms. The van der Waals surface area contributed by atoms with Gasteiger partial charge in [0.2, 0.25) is 0 Å². The van der Waals surface area contributed by atoms with E-state index in [2.05, 4.69) is 5.11 Å². The molecule has 1 unspecified atom stereocenters.